The lowest BCUT2D eigenvalue weighted by atomic mass is 10.1. The van der Waals surface area contributed by atoms with Crippen molar-refractivity contribution in [2.24, 2.45) is 5.10 Å². The van der Waals surface area contributed by atoms with Crippen molar-refractivity contribution in [3.05, 3.63) is 29.8 Å². The highest BCUT2D eigenvalue weighted by atomic mass is 32.2. The third kappa shape index (κ3) is 5.23. The maximum Gasteiger partial charge on any atom is 0.240 e. The van der Waals surface area contributed by atoms with E-state index < -0.39 is 10.0 Å². The zero-order valence-corrected chi connectivity index (χ0v) is 15.3. The van der Waals surface area contributed by atoms with E-state index in [9.17, 15) is 8.42 Å². The second-order valence-electron chi connectivity index (χ2n) is 5.39. The zero-order chi connectivity index (χ0) is 17.6. The summed E-state index contributed by atoms with van der Waals surface area (Å²) in [4.78, 5) is 0.211. The fourth-order valence-corrected chi connectivity index (χ4v) is 3.10. The van der Waals surface area contributed by atoms with Gasteiger partial charge < -0.3 is 10.1 Å². The summed E-state index contributed by atoms with van der Waals surface area (Å²) >= 11 is 5.17. The topological polar surface area (TPSA) is 91.8 Å². The summed E-state index contributed by atoms with van der Waals surface area (Å²) in [5.74, 6) is 0. The van der Waals surface area contributed by atoms with Crippen LogP contribution in [0.5, 0.6) is 0 Å². The third-order valence-corrected chi connectivity index (χ3v) is 5.36. The van der Waals surface area contributed by atoms with E-state index in [0.29, 0.717) is 17.4 Å². The van der Waals surface area contributed by atoms with Crippen molar-refractivity contribution in [3.63, 3.8) is 0 Å². The van der Waals surface area contributed by atoms with Crippen LogP contribution in [-0.4, -0.2) is 45.5 Å². The van der Waals surface area contributed by atoms with Gasteiger partial charge in [-0.15, -0.1) is 0 Å². The number of hydrazone groups is 1. The van der Waals surface area contributed by atoms with Gasteiger partial charge in [-0.05, 0) is 56.7 Å². The smallest absolute Gasteiger partial charge is 0.240 e. The third-order valence-electron chi connectivity index (χ3n) is 3.69. The molecule has 0 spiro atoms. The molecule has 0 aromatic heterocycles. The van der Waals surface area contributed by atoms with E-state index in [1.54, 1.807) is 12.1 Å². The molecule has 0 saturated carbocycles. The Morgan fingerprint density at radius 1 is 1.38 bits per heavy atom. The molecule has 0 bridgehead atoms. The minimum Gasteiger partial charge on any atom is -0.376 e. The number of ether oxygens (including phenoxy) is 1. The van der Waals surface area contributed by atoms with Gasteiger partial charge in [0.2, 0.25) is 10.0 Å². The van der Waals surface area contributed by atoms with Gasteiger partial charge in [0.05, 0.1) is 16.7 Å². The van der Waals surface area contributed by atoms with Crippen LogP contribution in [-0.2, 0) is 14.8 Å². The number of nitrogens with zero attached hydrogens (tertiary/aromatic N) is 1. The summed E-state index contributed by atoms with van der Waals surface area (Å²) in [5, 5.41) is 7.71. The number of thiocarbonyl (C=S) groups is 1. The molecular weight excluding hydrogens is 348 g/mol. The van der Waals surface area contributed by atoms with Crippen molar-refractivity contribution in [1.82, 2.24) is 15.5 Å². The molecule has 1 aliphatic heterocycles. The monoisotopic (exact) mass is 370 g/mol. The molecule has 1 fully saturated rings. The summed E-state index contributed by atoms with van der Waals surface area (Å²) in [6.45, 7) is 3.29. The number of rotatable bonds is 6. The Bertz CT molecular complexity index is 696. The van der Waals surface area contributed by atoms with Gasteiger partial charge in [-0.1, -0.05) is 12.1 Å². The van der Waals surface area contributed by atoms with Crippen molar-refractivity contribution in [2.75, 3.05) is 20.2 Å². The first-order valence-electron chi connectivity index (χ1n) is 7.66. The van der Waals surface area contributed by atoms with Crippen LogP contribution in [0.3, 0.4) is 0 Å². The molecule has 7 nitrogen and oxygen atoms in total. The molecule has 1 atom stereocenters. The van der Waals surface area contributed by atoms with Crippen LogP contribution in [0.1, 0.15) is 25.3 Å². The standard InChI is InChI=1S/C15H22N4O3S2/c1-11(12-5-7-14(8-6-12)24(20,21)16-2)18-19-15(23)17-10-13-4-3-9-22-13/h5-8,13,16H,3-4,9-10H2,1-2H3,(H2,17,19,23)/b18-11-/t13-/m0/s1. The second kappa shape index (κ2) is 8.52. The maximum absolute atomic E-state index is 11.7. The Kier molecular flexibility index (Phi) is 6.67. The predicted octanol–water partition coefficient (Wildman–Crippen LogP) is 0.962. The highest BCUT2D eigenvalue weighted by Gasteiger charge is 2.15. The molecule has 0 aliphatic carbocycles. The Morgan fingerprint density at radius 2 is 2.08 bits per heavy atom. The van der Waals surface area contributed by atoms with E-state index in [1.807, 2.05) is 6.92 Å². The summed E-state index contributed by atoms with van der Waals surface area (Å²) in [7, 11) is -2.05. The van der Waals surface area contributed by atoms with E-state index in [2.05, 4.69) is 20.6 Å². The highest BCUT2D eigenvalue weighted by molar-refractivity contribution is 7.89. The number of hydrogen-bond acceptors (Lipinski definition) is 5. The number of hydrogen-bond donors (Lipinski definition) is 3. The number of benzene rings is 1. The van der Waals surface area contributed by atoms with Gasteiger partial charge in [-0.2, -0.15) is 5.10 Å². The van der Waals surface area contributed by atoms with Crippen LogP contribution < -0.4 is 15.5 Å². The van der Waals surface area contributed by atoms with Crippen molar-refractivity contribution in [1.29, 1.82) is 0 Å². The molecule has 3 N–H and O–H groups in total. The van der Waals surface area contributed by atoms with Crippen LogP contribution >= 0.6 is 12.2 Å². The fraction of sp³-hybridized carbons (Fsp3) is 0.467. The number of sulfonamides is 1. The van der Waals surface area contributed by atoms with E-state index in [4.69, 9.17) is 17.0 Å². The van der Waals surface area contributed by atoms with Crippen molar-refractivity contribution in [3.8, 4) is 0 Å². The predicted molar refractivity (Wildman–Crippen MR) is 97.6 cm³/mol. The van der Waals surface area contributed by atoms with Gasteiger partial charge in [-0.25, -0.2) is 13.1 Å². The highest BCUT2D eigenvalue weighted by Crippen LogP contribution is 2.11. The van der Waals surface area contributed by atoms with Crippen LogP contribution in [0.4, 0.5) is 0 Å². The van der Waals surface area contributed by atoms with Crippen LogP contribution in [0.2, 0.25) is 0 Å². The molecule has 1 aromatic rings. The van der Waals surface area contributed by atoms with Crippen molar-refractivity contribution in [2.45, 2.75) is 30.8 Å². The van der Waals surface area contributed by atoms with E-state index in [0.717, 1.165) is 25.0 Å². The van der Waals surface area contributed by atoms with Crippen molar-refractivity contribution < 1.29 is 13.2 Å². The first-order chi connectivity index (χ1) is 11.4. The lowest BCUT2D eigenvalue weighted by Crippen LogP contribution is -2.37. The van der Waals surface area contributed by atoms with Gasteiger partial charge in [0, 0.05) is 13.2 Å². The minimum atomic E-state index is -3.43. The fourth-order valence-electron chi connectivity index (χ4n) is 2.24. The van der Waals surface area contributed by atoms with Gasteiger partial charge in [0.25, 0.3) is 0 Å². The normalized spacial score (nSPS) is 18.4. The van der Waals surface area contributed by atoms with E-state index in [1.165, 1.54) is 19.2 Å². The Balaban J connectivity index is 1.89. The van der Waals surface area contributed by atoms with Gasteiger partial charge in [0.15, 0.2) is 5.11 Å². The largest absolute Gasteiger partial charge is 0.376 e. The summed E-state index contributed by atoms with van der Waals surface area (Å²) < 4.78 is 31.2. The molecule has 0 unspecified atom stereocenters. The van der Waals surface area contributed by atoms with Gasteiger partial charge in [-0.3, -0.25) is 5.43 Å². The molecule has 1 heterocycles. The maximum atomic E-state index is 11.7. The second-order valence-corrected chi connectivity index (χ2v) is 7.68. The summed E-state index contributed by atoms with van der Waals surface area (Å²) in [6, 6.07) is 6.48. The SMILES string of the molecule is CNS(=O)(=O)c1ccc(/C(C)=N\NC(=S)NC[C@@H]2CCCO2)cc1. The molecule has 132 valence electrons. The average molecular weight is 371 g/mol. The molecule has 2 rings (SSSR count). The van der Waals surface area contributed by atoms with E-state index >= 15 is 0 Å². The van der Waals surface area contributed by atoms with Gasteiger partial charge in [0.1, 0.15) is 0 Å². The van der Waals surface area contributed by atoms with Gasteiger partial charge >= 0.3 is 0 Å². The Labute approximate surface area is 147 Å². The average Bonchev–Trinajstić information content (AvgIpc) is 3.11. The van der Waals surface area contributed by atoms with Crippen LogP contribution in [0.25, 0.3) is 0 Å². The quantitative estimate of drug-likeness (QED) is 0.392. The first kappa shape index (κ1) is 18.8. The van der Waals surface area contributed by atoms with Crippen LogP contribution in [0, 0.1) is 0 Å². The molecule has 9 heteroatoms. The Hall–Kier alpha value is -1.55. The summed E-state index contributed by atoms with van der Waals surface area (Å²) in [6.07, 6.45) is 2.33. The summed E-state index contributed by atoms with van der Waals surface area (Å²) in [5.41, 5.74) is 4.29. The molecule has 1 aliphatic rings. The minimum absolute atomic E-state index is 0.205. The lowest BCUT2D eigenvalue weighted by Gasteiger charge is -2.12. The molecule has 0 radical (unpaired) electrons. The lowest BCUT2D eigenvalue weighted by molar-refractivity contribution is 0.114. The first-order valence-corrected chi connectivity index (χ1v) is 9.55. The van der Waals surface area contributed by atoms with E-state index in [-0.39, 0.29) is 11.0 Å². The van der Waals surface area contributed by atoms with Crippen molar-refractivity contribution >= 4 is 33.1 Å². The number of nitrogens with one attached hydrogen (secondary N) is 3. The molecule has 1 saturated heterocycles. The van der Waals surface area contributed by atoms with Crippen LogP contribution in [0.15, 0.2) is 34.3 Å². The molecule has 1 aromatic carbocycles. The molecule has 24 heavy (non-hydrogen) atoms. The molecular formula is C15H22N4O3S2. The Morgan fingerprint density at radius 3 is 2.67 bits per heavy atom. The molecule has 0 amide bonds. The zero-order valence-electron chi connectivity index (χ0n) is 13.7.